The number of fused-ring (bicyclic) bond motifs is 2. The average molecular weight is 478 g/mol. The maximum Gasteiger partial charge on any atom is 0.160 e. The van der Waals surface area contributed by atoms with Crippen LogP contribution >= 0.6 is 0 Å². The average Bonchev–Trinajstić information content (AvgIpc) is 3.73. The van der Waals surface area contributed by atoms with Crippen LogP contribution in [0, 0.1) is 0 Å². The molecule has 2 aliphatic rings. The topological polar surface area (TPSA) is 55.0 Å². The first kappa shape index (κ1) is 21.7. The van der Waals surface area contributed by atoms with Gasteiger partial charge in [-0.3, -0.25) is 9.80 Å². The lowest BCUT2D eigenvalue weighted by atomic mass is 10.2. The van der Waals surface area contributed by atoms with Gasteiger partial charge in [0.2, 0.25) is 0 Å². The number of hydrogen-bond acceptors (Lipinski definition) is 5. The molecule has 0 bridgehead atoms. The maximum atomic E-state index is 5.17. The minimum atomic E-state index is 0.842. The Hall–Kier alpha value is -3.55. The van der Waals surface area contributed by atoms with E-state index in [1.54, 1.807) is 0 Å². The third-order valence-electron chi connectivity index (χ3n) is 7.60. The van der Waals surface area contributed by atoms with Crippen LogP contribution in [0.3, 0.4) is 0 Å². The maximum absolute atomic E-state index is 5.17. The van der Waals surface area contributed by atoms with E-state index in [1.165, 1.54) is 25.7 Å². The summed E-state index contributed by atoms with van der Waals surface area (Å²) >= 11 is 0. The molecule has 0 radical (unpaired) electrons. The highest BCUT2D eigenvalue weighted by Gasteiger charge is 2.21. The highest BCUT2D eigenvalue weighted by Crippen LogP contribution is 2.29. The summed E-state index contributed by atoms with van der Waals surface area (Å²) in [6.07, 6.45) is 5.07. The first-order chi connectivity index (χ1) is 17.8. The van der Waals surface area contributed by atoms with Crippen molar-refractivity contribution in [3.63, 3.8) is 0 Å². The van der Waals surface area contributed by atoms with Crippen molar-refractivity contribution in [1.82, 2.24) is 33.9 Å². The largest absolute Gasteiger partial charge is 0.309 e. The molecule has 2 saturated heterocycles. The second-order valence-corrected chi connectivity index (χ2v) is 10.0. The van der Waals surface area contributed by atoms with Gasteiger partial charge in [-0.25, -0.2) is 15.0 Å². The zero-order valence-corrected chi connectivity index (χ0v) is 20.6. The van der Waals surface area contributed by atoms with E-state index in [-0.39, 0.29) is 0 Å². The smallest absolute Gasteiger partial charge is 0.160 e. The van der Waals surface area contributed by atoms with E-state index in [2.05, 4.69) is 85.7 Å². The summed E-state index contributed by atoms with van der Waals surface area (Å²) in [4.78, 5) is 20.3. The van der Waals surface area contributed by atoms with Crippen LogP contribution in [0.5, 0.6) is 0 Å². The Labute approximate surface area is 211 Å². The van der Waals surface area contributed by atoms with Crippen molar-refractivity contribution >= 4 is 22.1 Å². The monoisotopic (exact) mass is 477 g/mol. The molecule has 7 nitrogen and oxygen atoms in total. The Bertz CT molecular complexity index is 1410. The Kier molecular flexibility index (Phi) is 5.52. The first-order valence-corrected chi connectivity index (χ1v) is 13.2. The van der Waals surface area contributed by atoms with E-state index in [4.69, 9.17) is 15.0 Å². The zero-order chi connectivity index (χ0) is 23.9. The van der Waals surface area contributed by atoms with Crippen LogP contribution in [0.15, 0.2) is 66.7 Å². The van der Waals surface area contributed by atoms with Gasteiger partial charge < -0.3 is 9.13 Å². The lowest BCUT2D eigenvalue weighted by Gasteiger charge is -2.19. The van der Waals surface area contributed by atoms with E-state index in [1.807, 2.05) is 0 Å². The van der Waals surface area contributed by atoms with Crippen LogP contribution < -0.4 is 0 Å². The molecule has 5 heterocycles. The molecule has 0 aliphatic carbocycles. The van der Waals surface area contributed by atoms with Crippen LogP contribution in [0.1, 0.15) is 25.7 Å². The predicted molar refractivity (Wildman–Crippen MR) is 143 cm³/mol. The van der Waals surface area contributed by atoms with Gasteiger partial charge in [-0.15, -0.1) is 0 Å². The van der Waals surface area contributed by atoms with Crippen molar-refractivity contribution in [2.24, 2.45) is 0 Å². The Morgan fingerprint density at radius 1 is 0.500 bits per heavy atom. The quantitative estimate of drug-likeness (QED) is 0.336. The second kappa shape index (κ2) is 9.15. The van der Waals surface area contributed by atoms with Crippen LogP contribution in [-0.2, 0) is 13.3 Å². The SMILES string of the molecule is c1cc(-c2nc3ccccc3n2CN2CCCC2)nc(-c2nc3ccccc3n2CN2CCCC2)c1. The number of nitrogens with zero attached hydrogens (tertiary/aromatic N) is 7. The Morgan fingerprint density at radius 3 is 1.42 bits per heavy atom. The molecular formula is C29H31N7. The van der Waals surface area contributed by atoms with Crippen LogP contribution in [0.25, 0.3) is 45.1 Å². The van der Waals surface area contributed by atoms with Gasteiger partial charge in [-0.2, -0.15) is 0 Å². The predicted octanol–water partition coefficient (Wildman–Crippen LogP) is 5.22. The molecule has 3 aromatic heterocycles. The van der Waals surface area contributed by atoms with Gasteiger partial charge >= 0.3 is 0 Å². The number of hydrogen-bond donors (Lipinski definition) is 0. The van der Waals surface area contributed by atoms with Crippen LogP contribution in [0.2, 0.25) is 0 Å². The highest BCUT2D eigenvalue weighted by molar-refractivity contribution is 5.82. The summed E-state index contributed by atoms with van der Waals surface area (Å²) in [5.41, 5.74) is 6.13. The highest BCUT2D eigenvalue weighted by atomic mass is 15.3. The minimum absolute atomic E-state index is 0.842. The number of aromatic nitrogens is 5. The normalized spacial score (nSPS) is 17.1. The van der Waals surface area contributed by atoms with Gasteiger partial charge in [0.15, 0.2) is 11.6 Å². The molecule has 182 valence electrons. The molecule has 0 amide bonds. The lowest BCUT2D eigenvalue weighted by Crippen LogP contribution is -2.23. The van der Waals surface area contributed by atoms with Gasteiger partial charge in [-0.05, 0) is 88.3 Å². The molecule has 2 aromatic carbocycles. The molecule has 5 aromatic rings. The minimum Gasteiger partial charge on any atom is -0.309 e. The molecule has 36 heavy (non-hydrogen) atoms. The standard InChI is InChI=1S/C29H31N7/c1-3-14-26-22(10-1)31-28(35(26)20-33-16-5-6-17-33)24-12-9-13-25(30-24)29-32-23-11-2-4-15-27(23)36(29)21-34-18-7-8-19-34/h1-4,9-15H,5-8,16-21H2. The van der Waals surface area contributed by atoms with E-state index < -0.39 is 0 Å². The van der Waals surface area contributed by atoms with Gasteiger partial charge in [0, 0.05) is 0 Å². The summed E-state index contributed by atoms with van der Waals surface area (Å²) in [5, 5.41) is 0. The third-order valence-corrected chi connectivity index (χ3v) is 7.60. The molecule has 0 spiro atoms. The van der Waals surface area contributed by atoms with Crippen LogP contribution in [0.4, 0.5) is 0 Å². The summed E-state index contributed by atoms with van der Waals surface area (Å²) < 4.78 is 4.67. The Balaban J connectivity index is 1.33. The van der Waals surface area contributed by atoms with E-state index in [0.29, 0.717) is 0 Å². The van der Waals surface area contributed by atoms with Gasteiger partial charge in [0.1, 0.15) is 11.4 Å². The molecule has 0 unspecified atom stereocenters. The van der Waals surface area contributed by atoms with Crippen molar-refractivity contribution in [2.75, 3.05) is 26.2 Å². The number of rotatable bonds is 6. The summed E-state index contributed by atoms with van der Waals surface area (Å²) in [6.45, 7) is 6.24. The molecule has 0 saturated carbocycles. The summed E-state index contributed by atoms with van der Waals surface area (Å²) in [5.74, 6) is 1.85. The molecule has 0 N–H and O–H groups in total. The van der Waals surface area contributed by atoms with Crippen molar-refractivity contribution in [1.29, 1.82) is 0 Å². The number of para-hydroxylation sites is 4. The fourth-order valence-electron chi connectivity index (χ4n) is 5.76. The molecular weight excluding hydrogens is 446 g/mol. The van der Waals surface area contributed by atoms with Crippen LogP contribution in [-0.4, -0.2) is 60.1 Å². The van der Waals surface area contributed by atoms with Gasteiger partial charge in [-0.1, -0.05) is 30.3 Å². The molecule has 0 atom stereocenters. The number of imidazole rings is 2. The molecule has 2 aliphatic heterocycles. The molecule has 7 heteroatoms. The van der Waals surface area contributed by atoms with Crippen molar-refractivity contribution in [3.8, 4) is 23.0 Å². The second-order valence-electron chi connectivity index (χ2n) is 10.0. The number of benzene rings is 2. The fraction of sp³-hybridized carbons (Fsp3) is 0.345. The van der Waals surface area contributed by atoms with Crippen molar-refractivity contribution in [2.45, 2.75) is 39.0 Å². The zero-order valence-electron chi connectivity index (χ0n) is 20.6. The fourth-order valence-corrected chi connectivity index (χ4v) is 5.76. The summed E-state index contributed by atoms with van der Waals surface area (Å²) in [6, 6.07) is 23.1. The number of likely N-dealkylation sites (tertiary alicyclic amines) is 2. The van der Waals surface area contributed by atoms with E-state index in [9.17, 15) is 0 Å². The molecule has 7 rings (SSSR count). The van der Waals surface area contributed by atoms with E-state index in [0.717, 1.165) is 84.6 Å². The van der Waals surface area contributed by atoms with Crippen molar-refractivity contribution in [3.05, 3.63) is 66.7 Å². The summed E-state index contributed by atoms with van der Waals surface area (Å²) in [7, 11) is 0. The van der Waals surface area contributed by atoms with E-state index >= 15 is 0 Å². The molecule has 2 fully saturated rings. The van der Waals surface area contributed by atoms with Gasteiger partial charge in [0.05, 0.1) is 35.4 Å². The Morgan fingerprint density at radius 2 is 0.944 bits per heavy atom. The lowest BCUT2D eigenvalue weighted by molar-refractivity contribution is 0.275. The van der Waals surface area contributed by atoms with Gasteiger partial charge in [0.25, 0.3) is 0 Å². The first-order valence-electron chi connectivity index (χ1n) is 13.2. The van der Waals surface area contributed by atoms with Crippen molar-refractivity contribution < 1.29 is 0 Å². The number of pyridine rings is 1. The third kappa shape index (κ3) is 3.88.